The van der Waals surface area contributed by atoms with Gasteiger partial charge in [0.25, 0.3) is 0 Å². The highest BCUT2D eigenvalue weighted by molar-refractivity contribution is 8.01. The molecule has 0 fully saturated rings. The Bertz CT molecular complexity index is 630. The van der Waals surface area contributed by atoms with Crippen LogP contribution in [0.4, 0.5) is 5.13 Å². The van der Waals surface area contributed by atoms with Crippen LogP contribution in [0.25, 0.3) is 0 Å². The van der Waals surface area contributed by atoms with Gasteiger partial charge in [-0.3, -0.25) is 4.79 Å². The van der Waals surface area contributed by atoms with Crippen molar-refractivity contribution >= 4 is 34.2 Å². The van der Waals surface area contributed by atoms with Gasteiger partial charge in [-0.05, 0) is 24.0 Å². The molecule has 1 aromatic heterocycles. The topological polar surface area (TPSA) is 75.1 Å². The Morgan fingerprint density at radius 3 is 3.15 bits per heavy atom. The Balaban J connectivity index is 1.66. The first kappa shape index (κ1) is 13.4. The predicted octanol–water partition coefficient (Wildman–Crippen LogP) is 2.81. The molecule has 2 aromatic rings. The van der Waals surface area contributed by atoms with Crippen LogP contribution in [0.5, 0.6) is 0 Å². The van der Waals surface area contributed by atoms with Crippen molar-refractivity contribution < 1.29 is 9.90 Å². The molecular weight excluding hydrogens is 294 g/mol. The number of carboxylic acids is 1. The summed E-state index contributed by atoms with van der Waals surface area (Å²) in [5, 5.41) is 20.8. The third-order valence-electron chi connectivity index (χ3n) is 3.16. The van der Waals surface area contributed by atoms with Crippen LogP contribution < -0.4 is 5.32 Å². The van der Waals surface area contributed by atoms with Crippen molar-refractivity contribution in [1.29, 1.82) is 0 Å². The van der Waals surface area contributed by atoms with Crippen LogP contribution in [0.2, 0.25) is 0 Å². The largest absolute Gasteiger partial charge is 0.481 e. The van der Waals surface area contributed by atoms with E-state index < -0.39 is 5.97 Å². The molecule has 7 heteroatoms. The molecule has 0 bridgehead atoms. The average molecular weight is 307 g/mol. The molecule has 0 unspecified atom stereocenters. The van der Waals surface area contributed by atoms with Gasteiger partial charge >= 0.3 is 5.97 Å². The Morgan fingerprint density at radius 2 is 2.30 bits per heavy atom. The Hall–Kier alpha value is -1.60. The third-order valence-corrected chi connectivity index (χ3v) is 5.13. The number of anilines is 1. The number of aryl methyl sites for hydroxylation is 1. The molecule has 0 amide bonds. The van der Waals surface area contributed by atoms with E-state index in [1.54, 1.807) is 0 Å². The molecule has 20 heavy (non-hydrogen) atoms. The molecule has 1 heterocycles. The fourth-order valence-corrected chi connectivity index (χ4v) is 3.83. The molecule has 0 saturated heterocycles. The van der Waals surface area contributed by atoms with Gasteiger partial charge in [0.05, 0.1) is 11.8 Å². The molecule has 1 aromatic carbocycles. The number of aliphatic carboxylic acids is 1. The molecule has 104 valence electrons. The first-order valence-corrected chi connectivity index (χ1v) is 8.05. The summed E-state index contributed by atoms with van der Waals surface area (Å²) in [5.41, 5.74) is 2.71. The maximum Gasteiger partial charge on any atom is 0.313 e. The summed E-state index contributed by atoms with van der Waals surface area (Å²) in [6.45, 7) is 0. The normalized spacial score (nSPS) is 16.9. The lowest BCUT2D eigenvalue weighted by Gasteiger charge is -2.11. The van der Waals surface area contributed by atoms with E-state index in [9.17, 15) is 4.79 Å². The zero-order chi connectivity index (χ0) is 13.9. The summed E-state index contributed by atoms with van der Waals surface area (Å²) in [5.74, 6) is -0.828. The second-order valence-corrected chi connectivity index (χ2v) is 6.69. The minimum atomic E-state index is -0.843. The van der Waals surface area contributed by atoms with E-state index in [0.717, 1.165) is 18.0 Å². The zero-order valence-electron chi connectivity index (χ0n) is 10.6. The van der Waals surface area contributed by atoms with E-state index in [2.05, 4.69) is 33.7 Å². The van der Waals surface area contributed by atoms with Crippen molar-refractivity contribution in [3.05, 3.63) is 35.4 Å². The maximum absolute atomic E-state index is 10.5. The quantitative estimate of drug-likeness (QED) is 0.827. The number of benzene rings is 1. The highest BCUT2D eigenvalue weighted by Gasteiger charge is 2.22. The van der Waals surface area contributed by atoms with E-state index in [0.29, 0.717) is 4.34 Å². The molecule has 0 spiro atoms. The minimum Gasteiger partial charge on any atom is -0.481 e. The van der Waals surface area contributed by atoms with Crippen molar-refractivity contribution in [2.24, 2.45) is 0 Å². The number of nitrogens with zero attached hydrogens (tertiary/aromatic N) is 2. The lowest BCUT2D eigenvalue weighted by Crippen LogP contribution is -2.06. The number of carbonyl (C=O) groups is 1. The summed E-state index contributed by atoms with van der Waals surface area (Å²) >= 11 is 2.60. The van der Waals surface area contributed by atoms with Gasteiger partial charge in [-0.2, -0.15) is 0 Å². The third kappa shape index (κ3) is 2.94. The summed E-state index contributed by atoms with van der Waals surface area (Å²) < 4.78 is 0.682. The number of nitrogens with one attached hydrogen (secondary N) is 1. The number of thioether (sulfide) groups is 1. The fourth-order valence-electron chi connectivity index (χ4n) is 2.31. The van der Waals surface area contributed by atoms with Crippen LogP contribution in [-0.4, -0.2) is 27.0 Å². The SMILES string of the molecule is O=C(O)CSc1nnc(N[C@H]2CCc3ccccc32)s1. The molecule has 2 N–H and O–H groups in total. The Labute approximate surface area is 124 Å². The lowest BCUT2D eigenvalue weighted by atomic mass is 10.1. The Morgan fingerprint density at radius 1 is 1.45 bits per heavy atom. The van der Waals surface area contributed by atoms with Crippen molar-refractivity contribution in [2.75, 3.05) is 11.1 Å². The first-order chi connectivity index (χ1) is 9.72. The van der Waals surface area contributed by atoms with Crippen LogP contribution in [0.1, 0.15) is 23.6 Å². The first-order valence-electron chi connectivity index (χ1n) is 6.25. The standard InChI is InChI=1S/C13H13N3O2S2/c17-11(18)7-19-13-16-15-12(20-13)14-10-6-5-8-3-1-2-4-9(8)10/h1-4,10H,5-7H2,(H,14,15)(H,17,18)/t10-/m0/s1. The van der Waals surface area contributed by atoms with Gasteiger partial charge in [-0.1, -0.05) is 47.4 Å². The van der Waals surface area contributed by atoms with Gasteiger partial charge in [-0.25, -0.2) is 0 Å². The summed E-state index contributed by atoms with van der Waals surface area (Å²) in [7, 11) is 0. The number of carboxylic acid groups (broad SMARTS) is 1. The molecule has 1 aliphatic rings. The van der Waals surface area contributed by atoms with Gasteiger partial charge < -0.3 is 10.4 Å². The van der Waals surface area contributed by atoms with E-state index in [1.807, 2.05) is 6.07 Å². The molecule has 3 rings (SSSR count). The minimum absolute atomic E-state index is 0.0148. The van der Waals surface area contributed by atoms with Crippen molar-refractivity contribution in [1.82, 2.24) is 10.2 Å². The fraction of sp³-hybridized carbons (Fsp3) is 0.308. The van der Waals surface area contributed by atoms with E-state index in [-0.39, 0.29) is 11.8 Å². The van der Waals surface area contributed by atoms with E-state index in [4.69, 9.17) is 5.11 Å². The number of fused-ring (bicyclic) bond motifs is 1. The second kappa shape index (κ2) is 5.80. The molecule has 0 aliphatic heterocycles. The number of rotatable bonds is 5. The molecule has 0 saturated carbocycles. The van der Waals surface area contributed by atoms with E-state index >= 15 is 0 Å². The zero-order valence-corrected chi connectivity index (χ0v) is 12.2. The highest BCUT2D eigenvalue weighted by Crippen LogP contribution is 2.35. The van der Waals surface area contributed by atoms with E-state index in [1.165, 1.54) is 34.2 Å². The summed E-state index contributed by atoms with van der Waals surface area (Å²) in [6, 6.07) is 8.68. The van der Waals surface area contributed by atoms with Crippen molar-refractivity contribution in [2.45, 2.75) is 23.2 Å². The van der Waals surface area contributed by atoms with Gasteiger partial charge in [0, 0.05) is 0 Å². The van der Waals surface area contributed by atoms with Crippen LogP contribution in [0.15, 0.2) is 28.6 Å². The smallest absolute Gasteiger partial charge is 0.313 e. The number of hydrogen-bond acceptors (Lipinski definition) is 6. The molecule has 5 nitrogen and oxygen atoms in total. The van der Waals surface area contributed by atoms with Crippen molar-refractivity contribution in [3.63, 3.8) is 0 Å². The molecule has 0 radical (unpaired) electrons. The molecular formula is C13H13N3O2S2. The Kier molecular flexibility index (Phi) is 3.88. The monoisotopic (exact) mass is 307 g/mol. The number of hydrogen-bond donors (Lipinski definition) is 2. The number of aromatic nitrogens is 2. The van der Waals surface area contributed by atoms with Gasteiger partial charge in [0.15, 0.2) is 4.34 Å². The summed E-state index contributed by atoms with van der Waals surface area (Å²) in [4.78, 5) is 10.5. The van der Waals surface area contributed by atoms with Gasteiger partial charge in [0.2, 0.25) is 5.13 Å². The van der Waals surface area contributed by atoms with Crippen LogP contribution in [-0.2, 0) is 11.2 Å². The average Bonchev–Trinajstić information content (AvgIpc) is 3.05. The molecule has 1 aliphatic carbocycles. The lowest BCUT2D eigenvalue weighted by molar-refractivity contribution is -0.133. The van der Waals surface area contributed by atoms with Gasteiger partial charge in [-0.15, -0.1) is 10.2 Å². The molecule has 1 atom stereocenters. The van der Waals surface area contributed by atoms with Crippen LogP contribution in [0, 0.1) is 0 Å². The summed E-state index contributed by atoms with van der Waals surface area (Å²) in [6.07, 6.45) is 2.13. The predicted molar refractivity (Wildman–Crippen MR) is 79.4 cm³/mol. The van der Waals surface area contributed by atoms with Crippen molar-refractivity contribution in [3.8, 4) is 0 Å². The second-order valence-electron chi connectivity index (χ2n) is 4.49. The highest BCUT2D eigenvalue weighted by atomic mass is 32.2. The van der Waals surface area contributed by atoms with Gasteiger partial charge in [0.1, 0.15) is 0 Å². The maximum atomic E-state index is 10.5. The van der Waals surface area contributed by atoms with Crippen LogP contribution in [0.3, 0.4) is 0 Å². The van der Waals surface area contributed by atoms with Crippen LogP contribution >= 0.6 is 23.1 Å².